The van der Waals surface area contributed by atoms with Crippen molar-refractivity contribution in [2.75, 3.05) is 37.9 Å². The number of aryl methyl sites for hydroxylation is 1. The van der Waals surface area contributed by atoms with Gasteiger partial charge in [0.1, 0.15) is 0 Å². The Kier molecular flexibility index (Phi) is 6.67. The van der Waals surface area contributed by atoms with Crippen LogP contribution >= 0.6 is 23.4 Å². The Morgan fingerprint density at radius 2 is 1.89 bits per heavy atom. The Bertz CT molecular complexity index is 989. The molecule has 0 aliphatic carbocycles. The lowest BCUT2D eigenvalue weighted by atomic mass is 10.1. The van der Waals surface area contributed by atoms with Gasteiger partial charge in [-0.3, -0.25) is 4.79 Å². The lowest BCUT2D eigenvalue weighted by Gasteiger charge is -2.26. The molecule has 0 radical (unpaired) electrons. The Hall–Kier alpha value is -1.58. The van der Waals surface area contributed by atoms with E-state index in [1.807, 2.05) is 12.3 Å². The molecule has 1 fully saturated rings. The number of hydrogen-bond donors (Lipinski definition) is 1. The summed E-state index contributed by atoms with van der Waals surface area (Å²) in [5.74, 6) is -0.384. The molecule has 0 saturated carbocycles. The average molecular weight is 441 g/mol. The Morgan fingerprint density at radius 3 is 2.57 bits per heavy atom. The Balaban J connectivity index is 1.89. The predicted molar refractivity (Wildman–Crippen MR) is 112 cm³/mol. The molecule has 150 valence electrons. The third kappa shape index (κ3) is 4.52. The minimum absolute atomic E-state index is 0.138. The summed E-state index contributed by atoms with van der Waals surface area (Å²) in [6.07, 6.45) is 1.91. The maximum Gasteiger partial charge on any atom is 0.257 e. The highest BCUT2D eigenvalue weighted by Crippen LogP contribution is 2.27. The Labute approximate surface area is 174 Å². The van der Waals surface area contributed by atoms with Crippen LogP contribution in [0.1, 0.15) is 15.9 Å². The fourth-order valence-corrected chi connectivity index (χ4v) is 4.91. The summed E-state index contributed by atoms with van der Waals surface area (Å²) in [6.45, 7) is 3.18. The van der Waals surface area contributed by atoms with Crippen molar-refractivity contribution in [3.63, 3.8) is 0 Å². The summed E-state index contributed by atoms with van der Waals surface area (Å²) in [5.41, 5.74) is 1.53. The van der Waals surface area contributed by atoms with Gasteiger partial charge < -0.3 is 10.1 Å². The van der Waals surface area contributed by atoms with Gasteiger partial charge in [-0.1, -0.05) is 17.7 Å². The summed E-state index contributed by atoms with van der Waals surface area (Å²) in [4.78, 5) is 13.8. The maximum absolute atomic E-state index is 12.9. The normalized spacial score (nSPS) is 15.4. The average Bonchev–Trinajstić information content (AvgIpc) is 2.70. The molecule has 2 aromatic carbocycles. The number of carbonyl (C=O) groups is 1. The highest BCUT2D eigenvalue weighted by Gasteiger charge is 2.27. The molecule has 0 bridgehead atoms. The van der Waals surface area contributed by atoms with E-state index in [0.717, 1.165) is 10.5 Å². The molecule has 9 heteroatoms. The topological polar surface area (TPSA) is 75.7 Å². The summed E-state index contributed by atoms with van der Waals surface area (Å²) in [6, 6.07) is 9.95. The molecule has 0 atom stereocenters. The van der Waals surface area contributed by atoms with Crippen molar-refractivity contribution < 1.29 is 17.9 Å². The number of nitrogens with zero attached hydrogens (tertiary/aromatic N) is 1. The van der Waals surface area contributed by atoms with Crippen LogP contribution < -0.4 is 5.32 Å². The second-order valence-corrected chi connectivity index (χ2v) is 9.52. The lowest BCUT2D eigenvalue weighted by molar-refractivity contribution is 0.0730. The SMILES string of the molecule is CSc1ccc(Cl)c(C(=O)Nc2cc(S(=O)(=O)N3CCOCC3)ccc2C)c1. The molecule has 0 spiro atoms. The smallest absolute Gasteiger partial charge is 0.257 e. The van der Waals surface area contributed by atoms with E-state index in [1.54, 1.807) is 31.2 Å². The van der Waals surface area contributed by atoms with E-state index in [0.29, 0.717) is 42.6 Å². The van der Waals surface area contributed by atoms with E-state index in [2.05, 4.69) is 5.32 Å². The van der Waals surface area contributed by atoms with Crippen LogP contribution in [0, 0.1) is 6.92 Å². The van der Waals surface area contributed by atoms with E-state index in [1.165, 1.54) is 22.1 Å². The quantitative estimate of drug-likeness (QED) is 0.718. The van der Waals surface area contributed by atoms with Crippen LogP contribution in [0.3, 0.4) is 0 Å². The first-order valence-electron chi connectivity index (χ1n) is 8.66. The number of amides is 1. The van der Waals surface area contributed by atoms with Crippen molar-refractivity contribution in [1.82, 2.24) is 4.31 Å². The number of morpholine rings is 1. The van der Waals surface area contributed by atoms with E-state index in [-0.39, 0.29) is 10.8 Å². The van der Waals surface area contributed by atoms with Gasteiger partial charge in [0, 0.05) is 23.7 Å². The van der Waals surface area contributed by atoms with E-state index in [9.17, 15) is 13.2 Å². The summed E-state index contributed by atoms with van der Waals surface area (Å²) in [7, 11) is -3.65. The molecule has 1 amide bonds. The van der Waals surface area contributed by atoms with Gasteiger partial charge >= 0.3 is 0 Å². The highest BCUT2D eigenvalue weighted by atomic mass is 35.5. The molecular formula is C19H21ClN2O4S2. The van der Waals surface area contributed by atoms with Crippen molar-refractivity contribution in [2.45, 2.75) is 16.7 Å². The minimum atomic E-state index is -3.65. The van der Waals surface area contributed by atoms with Gasteiger partial charge in [0.15, 0.2) is 0 Å². The number of rotatable bonds is 5. The summed E-state index contributed by atoms with van der Waals surface area (Å²) >= 11 is 7.68. The first kappa shape index (κ1) is 21.1. The fraction of sp³-hybridized carbons (Fsp3) is 0.316. The van der Waals surface area contributed by atoms with E-state index in [4.69, 9.17) is 16.3 Å². The molecule has 1 saturated heterocycles. The van der Waals surface area contributed by atoms with Crippen LogP contribution in [0.15, 0.2) is 46.2 Å². The number of sulfonamides is 1. The van der Waals surface area contributed by atoms with Crippen molar-refractivity contribution in [2.24, 2.45) is 0 Å². The van der Waals surface area contributed by atoms with Crippen LogP contribution in [0.2, 0.25) is 5.02 Å². The molecule has 1 aliphatic rings. The molecule has 0 aromatic heterocycles. The third-order valence-electron chi connectivity index (χ3n) is 4.48. The van der Waals surface area contributed by atoms with Gasteiger partial charge in [-0.25, -0.2) is 8.42 Å². The lowest BCUT2D eigenvalue weighted by Crippen LogP contribution is -2.40. The first-order chi connectivity index (χ1) is 13.3. The molecule has 1 aliphatic heterocycles. The minimum Gasteiger partial charge on any atom is -0.379 e. The van der Waals surface area contributed by atoms with Crippen LogP contribution in [0.4, 0.5) is 5.69 Å². The fourth-order valence-electron chi connectivity index (χ4n) is 2.83. The molecule has 1 N–H and O–H groups in total. The van der Waals surface area contributed by atoms with E-state index < -0.39 is 10.0 Å². The van der Waals surface area contributed by atoms with Crippen LogP contribution in [0.25, 0.3) is 0 Å². The summed E-state index contributed by atoms with van der Waals surface area (Å²) in [5, 5.41) is 3.13. The standard InChI is InChI=1S/C19H21ClN2O4S2/c1-13-3-5-15(28(24,25)22-7-9-26-10-8-22)12-18(13)21-19(23)16-11-14(27-2)4-6-17(16)20/h3-6,11-12H,7-10H2,1-2H3,(H,21,23). The molecule has 1 heterocycles. The largest absolute Gasteiger partial charge is 0.379 e. The van der Waals surface area contributed by atoms with Crippen molar-refractivity contribution in [1.29, 1.82) is 0 Å². The van der Waals surface area contributed by atoms with Crippen LogP contribution in [-0.4, -0.2) is 51.2 Å². The van der Waals surface area contributed by atoms with Gasteiger partial charge in [-0.2, -0.15) is 4.31 Å². The van der Waals surface area contributed by atoms with Gasteiger partial charge in [0.25, 0.3) is 5.91 Å². The number of benzene rings is 2. The first-order valence-corrected chi connectivity index (χ1v) is 11.7. The van der Waals surface area contributed by atoms with E-state index >= 15 is 0 Å². The number of halogens is 1. The van der Waals surface area contributed by atoms with Gasteiger partial charge in [-0.05, 0) is 49.1 Å². The second kappa shape index (κ2) is 8.84. The number of hydrogen-bond acceptors (Lipinski definition) is 5. The van der Waals surface area contributed by atoms with Crippen molar-refractivity contribution >= 4 is 45.0 Å². The second-order valence-electron chi connectivity index (χ2n) is 6.29. The predicted octanol–water partition coefficient (Wildman–Crippen LogP) is 3.64. The third-order valence-corrected chi connectivity index (χ3v) is 7.43. The number of nitrogens with one attached hydrogen (secondary N) is 1. The van der Waals surface area contributed by atoms with Gasteiger partial charge in [0.2, 0.25) is 10.0 Å². The Morgan fingerprint density at radius 1 is 1.18 bits per heavy atom. The number of ether oxygens (including phenoxy) is 1. The van der Waals surface area contributed by atoms with Crippen molar-refractivity contribution in [3.8, 4) is 0 Å². The number of carbonyl (C=O) groups excluding carboxylic acids is 1. The number of thioether (sulfide) groups is 1. The molecule has 2 aromatic rings. The van der Waals surface area contributed by atoms with Crippen LogP contribution in [-0.2, 0) is 14.8 Å². The molecule has 6 nitrogen and oxygen atoms in total. The van der Waals surface area contributed by atoms with Crippen molar-refractivity contribution in [3.05, 3.63) is 52.5 Å². The highest BCUT2D eigenvalue weighted by molar-refractivity contribution is 7.98. The maximum atomic E-state index is 12.9. The zero-order valence-electron chi connectivity index (χ0n) is 15.6. The summed E-state index contributed by atoms with van der Waals surface area (Å²) < 4.78 is 32.4. The zero-order valence-corrected chi connectivity index (χ0v) is 18.0. The molecule has 28 heavy (non-hydrogen) atoms. The number of anilines is 1. The van der Waals surface area contributed by atoms with Gasteiger partial charge in [-0.15, -0.1) is 11.8 Å². The van der Waals surface area contributed by atoms with Crippen LogP contribution in [0.5, 0.6) is 0 Å². The monoisotopic (exact) mass is 440 g/mol. The zero-order chi connectivity index (χ0) is 20.3. The molecular weight excluding hydrogens is 420 g/mol. The van der Waals surface area contributed by atoms with Gasteiger partial charge in [0.05, 0.1) is 28.7 Å². The molecule has 3 rings (SSSR count). The molecule has 0 unspecified atom stereocenters.